The maximum absolute atomic E-state index is 13.6. The summed E-state index contributed by atoms with van der Waals surface area (Å²) in [5.41, 5.74) is -0.252. The van der Waals surface area contributed by atoms with E-state index in [4.69, 9.17) is 0 Å². The normalized spacial score (nSPS) is 11.4. The van der Waals surface area contributed by atoms with Gasteiger partial charge < -0.3 is 10.4 Å². The summed E-state index contributed by atoms with van der Waals surface area (Å²) >= 11 is 0. The zero-order valence-corrected chi connectivity index (χ0v) is 14.3. The van der Waals surface area contributed by atoms with Crippen LogP contribution in [-0.2, 0) is 12.7 Å². The van der Waals surface area contributed by atoms with E-state index >= 15 is 0 Å². The number of aromatic hydroxyl groups is 1. The zero-order valence-electron chi connectivity index (χ0n) is 14.3. The highest BCUT2D eigenvalue weighted by molar-refractivity contribution is 5.95. The fourth-order valence-electron chi connectivity index (χ4n) is 2.60. The first-order valence-electron chi connectivity index (χ1n) is 8.04. The third-order valence-corrected chi connectivity index (χ3v) is 3.99. The summed E-state index contributed by atoms with van der Waals surface area (Å²) in [6.07, 6.45) is -3.88. The number of benzene rings is 2. The first-order chi connectivity index (χ1) is 12.8. The van der Waals surface area contributed by atoms with E-state index < -0.39 is 23.3 Å². The number of aryl methyl sites for hydroxylation is 1. The van der Waals surface area contributed by atoms with Crippen molar-refractivity contribution in [3.63, 3.8) is 0 Å². The average Bonchev–Trinajstić information content (AvgIpc) is 3.07. The summed E-state index contributed by atoms with van der Waals surface area (Å²) in [5, 5.41) is 15.9. The van der Waals surface area contributed by atoms with E-state index in [1.165, 1.54) is 18.2 Å². The Morgan fingerprint density at radius 1 is 1.15 bits per heavy atom. The summed E-state index contributed by atoms with van der Waals surface area (Å²) < 4.78 is 41.5. The average molecular weight is 375 g/mol. The van der Waals surface area contributed by atoms with Crippen LogP contribution in [0.4, 0.5) is 13.2 Å². The van der Waals surface area contributed by atoms with Crippen molar-refractivity contribution in [2.45, 2.75) is 19.6 Å². The summed E-state index contributed by atoms with van der Waals surface area (Å²) in [7, 11) is 0. The number of para-hydroxylation sites is 1. The molecule has 0 aliphatic carbocycles. The molecule has 0 saturated carbocycles. The van der Waals surface area contributed by atoms with E-state index in [1.54, 1.807) is 30.3 Å². The highest BCUT2D eigenvalue weighted by atomic mass is 19.4. The van der Waals surface area contributed by atoms with Crippen LogP contribution in [0.1, 0.15) is 27.2 Å². The second-order valence-corrected chi connectivity index (χ2v) is 5.96. The van der Waals surface area contributed by atoms with Gasteiger partial charge in [0, 0.05) is 12.1 Å². The highest BCUT2D eigenvalue weighted by Crippen LogP contribution is 2.33. The molecule has 0 bridgehead atoms. The lowest BCUT2D eigenvalue weighted by Gasteiger charge is -2.13. The molecule has 0 unspecified atom stereocenters. The van der Waals surface area contributed by atoms with Crippen LogP contribution >= 0.6 is 0 Å². The minimum absolute atomic E-state index is 0.0517. The maximum atomic E-state index is 13.6. The predicted octanol–water partition coefficient (Wildman–Crippen LogP) is 3.84. The number of phenols is 1. The molecule has 5 nitrogen and oxygen atoms in total. The second-order valence-electron chi connectivity index (χ2n) is 5.96. The lowest BCUT2D eigenvalue weighted by molar-refractivity contribution is -0.143. The molecule has 1 heterocycles. The smallest absolute Gasteiger partial charge is 0.434 e. The Hall–Kier alpha value is -3.29. The van der Waals surface area contributed by atoms with Crippen LogP contribution in [0.3, 0.4) is 0 Å². The third kappa shape index (κ3) is 3.94. The van der Waals surface area contributed by atoms with Gasteiger partial charge in [-0.3, -0.25) is 4.79 Å². The van der Waals surface area contributed by atoms with Gasteiger partial charge in [0.05, 0.1) is 17.4 Å². The largest absolute Gasteiger partial charge is 0.508 e. The Morgan fingerprint density at radius 3 is 2.44 bits per heavy atom. The molecule has 1 aromatic heterocycles. The second kappa shape index (κ2) is 7.14. The fraction of sp³-hybridized carbons (Fsp3) is 0.158. The number of nitrogens with one attached hydrogen (secondary N) is 1. The molecule has 3 aromatic rings. The molecule has 0 atom stereocenters. The molecule has 27 heavy (non-hydrogen) atoms. The Morgan fingerprint density at radius 2 is 1.81 bits per heavy atom. The van der Waals surface area contributed by atoms with Crippen molar-refractivity contribution in [3.05, 3.63) is 77.1 Å². The van der Waals surface area contributed by atoms with Gasteiger partial charge in [-0.25, -0.2) is 4.68 Å². The summed E-state index contributed by atoms with van der Waals surface area (Å²) in [6, 6.07) is 12.6. The molecule has 2 N–H and O–H groups in total. The molecule has 0 fully saturated rings. The van der Waals surface area contributed by atoms with Gasteiger partial charge in [-0.1, -0.05) is 35.9 Å². The van der Waals surface area contributed by atoms with Gasteiger partial charge in [-0.2, -0.15) is 18.3 Å². The van der Waals surface area contributed by atoms with Crippen LogP contribution in [-0.4, -0.2) is 20.8 Å². The van der Waals surface area contributed by atoms with Crippen molar-refractivity contribution < 1.29 is 23.1 Å². The number of nitrogens with zero attached hydrogens (tertiary/aromatic N) is 2. The number of carbonyl (C=O) groups excluding carboxylic acids is 1. The minimum atomic E-state index is -4.77. The first kappa shape index (κ1) is 18.5. The molecule has 0 aliphatic heterocycles. The van der Waals surface area contributed by atoms with Gasteiger partial charge in [0.2, 0.25) is 0 Å². The molecule has 8 heteroatoms. The predicted molar refractivity (Wildman–Crippen MR) is 92.6 cm³/mol. The third-order valence-electron chi connectivity index (χ3n) is 3.99. The summed E-state index contributed by atoms with van der Waals surface area (Å²) in [5.74, 6) is -0.979. The van der Waals surface area contributed by atoms with Crippen LogP contribution < -0.4 is 5.32 Å². The topological polar surface area (TPSA) is 67.2 Å². The lowest BCUT2D eigenvalue weighted by atomic mass is 10.1. The first-order valence-corrected chi connectivity index (χ1v) is 8.04. The number of hydrogen-bond acceptors (Lipinski definition) is 3. The Kier molecular flexibility index (Phi) is 4.89. The van der Waals surface area contributed by atoms with Crippen molar-refractivity contribution in [2.75, 3.05) is 0 Å². The minimum Gasteiger partial charge on any atom is -0.508 e. The number of hydrogen-bond donors (Lipinski definition) is 2. The molecule has 140 valence electrons. The number of amides is 1. The van der Waals surface area contributed by atoms with E-state index in [0.29, 0.717) is 10.2 Å². The molecule has 0 spiro atoms. The molecule has 0 saturated heterocycles. The number of halogens is 3. The highest BCUT2D eigenvalue weighted by Gasteiger charge is 2.40. The molecule has 2 aromatic carbocycles. The van der Waals surface area contributed by atoms with E-state index in [-0.39, 0.29) is 18.0 Å². The van der Waals surface area contributed by atoms with Gasteiger partial charge in [-0.15, -0.1) is 0 Å². The number of aromatic nitrogens is 2. The standard InChI is InChI=1S/C19H16F3N3O2/c1-12-6-8-14(9-7-12)25-17(19(20,21)22)15(11-24-25)18(27)23-10-13-4-2-3-5-16(13)26/h2-9,11,26H,10H2,1H3,(H,23,27). The Labute approximate surface area is 153 Å². The van der Waals surface area contributed by atoms with Crippen molar-refractivity contribution in [3.8, 4) is 11.4 Å². The number of carbonyl (C=O) groups is 1. The van der Waals surface area contributed by atoms with Crippen molar-refractivity contribution in [1.29, 1.82) is 0 Å². The van der Waals surface area contributed by atoms with Crippen LogP contribution in [0.15, 0.2) is 54.7 Å². The van der Waals surface area contributed by atoms with Gasteiger partial charge >= 0.3 is 6.18 Å². The van der Waals surface area contributed by atoms with Crippen molar-refractivity contribution in [1.82, 2.24) is 15.1 Å². The zero-order chi connectivity index (χ0) is 19.6. The fourth-order valence-corrected chi connectivity index (χ4v) is 2.60. The van der Waals surface area contributed by atoms with Gasteiger partial charge in [0.25, 0.3) is 5.91 Å². The van der Waals surface area contributed by atoms with Gasteiger partial charge in [-0.05, 0) is 25.1 Å². The quantitative estimate of drug-likeness (QED) is 0.728. The molecule has 3 rings (SSSR count). The van der Waals surface area contributed by atoms with Crippen molar-refractivity contribution in [2.24, 2.45) is 0 Å². The van der Waals surface area contributed by atoms with Crippen LogP contribution in [0.2, 0.25) is 0 Å². The van der Waals surface area contributed by atoms with E-state index in [1.807, 2.05) is 6.92 Å². The van der Waals surface area contributed by atoms with E-state index in [9.17, 15) is 23.1 Å². The Balaban J connectivity index is 1.92. The maximum Gasteiger partial charge on any atom is 0.434 e. The number of alkyl halides is 3. The SMILES string of the molecule is Cc1ccc(-n2ncc(C(=O)NCc3ccccc3O)c2C(F)(F)F)cc1. The monoisotopic (exact) mass is 375 g/mol. The van der Waals surface area contributed by atoms with Crippen LogP contribution in [0.25, 0.3) is 5.69 Å². The van der Waals surface area contributed by atoms with Crippen LogP contribution in [0, 0.1) is 6.92 Å². The Bertz CT molecular complexity index is 963. The van der Waals surface area contributed by atoms with Gasteiger partial charge in [0.1, 0.15) is 5.75 Å². The lowest BCUT2D eigenvalue weighted by Crippen LogP contribution is -2.26. The molecule has 0 aliphatic rings. The molecule has 0 radical (unpaired) electrons. The summed E-state index contributed by atoms with van der Waals surface area (Å²) in [4.78, 5) is 12.3. The van der Waals surface area contributed by atoms with E-state index in [0.717, 1.165) is 11.8 Å². The number of rotatable bonds is 4. The molecular formula is C19H16F3N3O2. The van der Waals surface area contributed by atoms with E-state index in [2.05, 4.69) is 10.4 Å². The molecular weight excluding hydrogens is 359 g/mol. The summed E-state index contributed by atoms with van der Waals surface area (Å²) in [6.45, 7) is 1.70. The van der Waals surface area contributed by atoms with Crippen LogP contribution in [0.5, 0.6) is 5.75 Å². The molecule has 1 amide bonds. The van der Waals surface area contributed by atoms with Gasteiger partial charge in [0.15, 0.2) is 5.69 Å². The number of phenolic OH excluding ortho intramolecular Hbond substituents is 1. The van der Waals surface area contributed by atoms with Crippen molar-refractivity contribution >= 4 is 5.91 Å².